The number of likely N-dealkylation sites (tertiary alicyclic amines) is 1. The molecule has 12 atom stereocenters. The number of carbonyl (C=O) groups is 12. The van der Waals surface area contributed by atoms with Gasteiger partial charge < -0.3 is 75.4 Å². The number of carbonyl (C=O) groups excluding carboxylic acids is 12. The van der Waals surface area contributed by atoms with Crippen LogP contribution < -0.4 is 21.3 Å². The molecule has 27 heteroatoms. The summed E-state index contributed by atoms with van der Waals surface area (Å²) in [7, 11) is 8.69. The van der Waals surface area contributed by atoms with Crippen LogP contribution >= 0.6 is 0 Å². The average molecular weight is 1460 g/mol. The number of hydrogen-bond donors (Lipinski definition) is 6. The number of nitrogens with one attached hydrogen (secondary N) is 4. The van der Waals surface area contributed by atoms with E-state index < -0.39 is 168 Å². The molecule has 0 radical (unpaired) electrons. The van der Waals surface area contributed by atoms with E-state index in [0.29, 0.717) is 38.8 Å². The molecule has 103 heavy (non-hydrogen) atoms. The van der Waals surface area contributed by atoms with Gasteiger partial charge in [-0.15, -0.1) is 0 Å². The standard InChI is InChI=1S/C76H134N12O15/c1-20-35-88-44-63(91)82(15)58(39-48(5)6)67(93)78-56(72(98)87-36-29-24-30-37-87)43-62(90)81(14)51(10)66(92)79-57(45-103-46-76(12,13)102)71(97)84(17)60(40-49(7)8)73(99)83(16)59(41-53-31-25-22-26-32-53)68(94)77-55(38-47(3)4)70(96)85(18)61(42-54-33-27-23-28-34-54)74(100)86(19)65(50(9)21-2)69(95)80-64(52(11)89)75(88)101/h47-61,64-65,89,102H,20-46H2,1-19H3,(H,77,94)(H,78,93)(H,79,92)(H,80,95)/t50-,51-,52+,55-,56-,57-,58-,59-,60-,61-,64-,65-/m0/s1. The molecule has 0 bridgehead atoms. The first-order valence-electron chi connectivity index (χ1n) is 38.6. The van der Waals surface area contributed by atoms with Crippen LogP contribution in [0.3, 0.4) is 0 Å². The fourth-order valence-electron chi connectivity index (χ4n) is 14.9. The highest BCUT2D eigenvalue weighted by atomic mass is 16.5. The monoisotopic (exact) mass is 1460 g/mol. The van der Waals surface area contributed by atoms with Crippen molar-refractivity contribution < 1.29 is 72.5 Å². The molecule has 2 aliphatic carbocycles. The summed E-state index contributed by atoms with van der Waals surface area (Å²) in [5.74, 6) is -9.45. The van der Waals surface area contributed by atoms with Crippen molar-refractivity contribution in [1.82, 2.24) is 60.5 Å². The molecule has 0 aromatic heterocycles. The fraction of sp³-hybridized carbons (Fsp3) is 0.842. The lowest BCUT2D eigenvalue weighted by molar-refractivity contribution is -0.153. The maximum Gasteiger partial charge on any atom is 0.248 e. The third-order valence-electron chi connectivity index (χ3n) is 21.5. The Morgan fingerprint density at radius 3 is 1.51 bits per heavy atom. The maximum atomic E-state index is 15.7. The minimum absolute atomic E-state index is 0.0102. The van der Waals surface area contributed by atoms with Crippen molar-refractivity contribution in [1.29, 1.82) is 0 Å². The molecule has 2 aliphatic heterocycles. The lowest BCUT2D eigenvalue weighted by atomic mass is 9.83. The highest BCUT2D eigenvalue weighted by Crippen LogP contribution is 2.33. The Kier molecular flexibility index (Phi) is 36.3. The first-order chi connectivity index (χ1) is 48.3. The summed E-state index contributed by atoms with van der Waals surface area (Å²) in [6.07, 6.45) is 10.3. The molecular weight excluding hydrogens is 1320 g/mol. The summed E-state index contributed by atoms with van der Waals surface area (Å²) in [5.41, 5.74) is -1.38. The summed E-state index contributed by atoms with van der Waals surface area (Å²) in [5, 5.41) is 33.6. The molecule has 4 aliphatic rings. The van der Waals surface area contributed by atoms with Crippen LogP contribution in [0.2, 0.25) is 0 Å². The Morgan fingerprint density at radius 2 is 1.00 bits per heavy atom. The molecule has 4 rings (SSSR count). The first-order valence-corrected chi connectivity index (χ1v) is 38.6. The number of aliphatic hydroxyl groups excluding tert-OH is 1. The van der Waals surface area contributed by atoms with Gasteiger partial charge in [0, 0.05) is 61.9 Å². The van der Waals surface area contributed by atoms with Gasteiger partial charge in [-0.1, -0.05) is 133 Å². The molecular formula is C76H134N12O15. The third kappa shape index (κ3) is 26.5. The van der Waals surface area contributed by atoms with Gasteiger partial charge in [0.2, 0.25) is 70.9 Å². The Morgan fingerprint density at radius 1 is 0.524 bits per heavy atom. The highest BCUT2D eigenvalue weighted by molar-refractivity contribution is 6.00. The highest BCUT2D eigenvalue weighted by Gasteiger charge is 2.46. The minimum atomic E-state index is -1.64. The van der Waals surface area contributed by atoms with Crippen LogP contribution in [0.4, 0.5) is 0 Å². The van der Waals surface area contributed by atoms with Crippen molar-refractivity contribution in [2.45, 2.75) is 297 Å². The second-order valence-corrected chi connectivity index (χ2v) is 32.3. The zero-order valence-corrected chi connectivity index (χ0v) is 66.2. The van der Waals surface area contributed by atoms with Gasteiger partial charge in [-0.3, -0.25) is 57.5 Å². The molecule has 0 aromatic carbocycles. The van der Waals surface area contributed by atoms with E-state index in [1.54, 1.807) is 18.7 Å². The smallest absolute Gasteiger partial charge is 0.248 e. The lowest BCUT2D eigenvalue weighted by Crippen LogP contribution is -2.63. The molecule has 2 saturated heterocycles. The molecule has 4 fully saturated rings. The van der Waals surface area contributed by atoms with Crippen molar-refractivity contribution in [2.24, 2.45) is 35.5 Å². The van der Waals surface area contributed by atoms with Crippen molar-refractivity contribution in [3.63, 3.8) is 0 Å². The number of ether oxygens (including phenoxy) is 1. The van der Waals surface area contributed by atoms with Gasteiger partial charge in [0.1, 0.15) is 60.4 Å². The predicted octanol–water partition coefficient (Wildman–Crippen LogP) is 4.86. The summed E-state index contributed by atoms with van der Waals surface area (Å²) >= 11 is 0. The van der Waals surface area contributed by atoms with Gasteiger partial charge in [-0.2, -0.15) is 0 Å². The van der Waals surface area contributed by atoms with E-state index in [-0.39, 0.29) is 74.8 Å². The lowest BCUT2D eigenvalue weighted by Gasteiger charge is -2.40. The normalized spacial score (nSPS) is 27.4. The number of nitrogens with zero attached hydrogens (tertiary/aromatic N) is 8. The molecule has 2 saturated carbocycles. The zero-order chi connectivity index (χ0) is 77.5. The topological polar surface area (TPSA) is 329 Å². The third-order valence-corrected chi connectivity index (χ3v) is 21.5. The Bertz CT molecular complexity index is 2820. The van der Waals surface area contributed by atoms with Crippen LogP contribution in [0.15, 0.2) is 0 Å². The van der Waals surface area contributed by atoms with E-state index in [9.17, 15) is 39.0 Å². The second kappa shape index (κ2) is 42.0. The average Bonchev–Trinajstić information content (AvgIpc) is 0.811. The summed E-state index contributed by atoms with van der Waals surface area (Å²) in [6, 6.07) is -13.3. The molecule has 588 valence electrons. The van der Waals surface area contributed by atoms with E-state index in [2.05, 4.69) is 21.3 Å². The van der Waals surface area contributed by atoms with Gasteiger partial charge in [0.25, 0.3) is 0 Å². The molecule has 0 spiro atoms. The summed E-state index contributed by atoms with van der Waals surface area (Å²) in [4.78, 5) is 192. The summed E-state index contributed by atoms with van der Waals surface area (Å²) in [6.45, 7) is 21.7. The van der Waals surface area contributed by atoms with Crippen LogP contribution in [-0.2, 0) is 62.3 Å². The quantitative estimate of drug-likeness (QED) is 0.0949. The van der Waals surface area contributed by atoms with E-state index in [1.165, 1.54) is 99.4 Å². The van der Waals surface area contributed by atoms with Crippen LogP contribution in [0, 0.1) is 35.5 Å². The number of amides is 12. The van der Waals surface area contributed by atoms with E-state index >= 15 is 28.8 Å². The number of piperidine rings is 1. The Balaban J connectivity index is 2.00. The van der Waals surface area contributed by atoms with E-state index in [0.717, 1.165) is 75.5 Å². The number of rotatable bonds is 20. The SMILES string of the molecule is CCCN1CC(=O)N(C)[C@@H](CC(C)C)C(=O)N[C@H](C(=O)N2CCCCC2)CC(=O)N(C)[C@@H](C)C(=O)N[C@@H](COCC(C)(C)O)C(=O)N(C)[C@@H](CC(C)C)C(=O)N(C)[C@@H](CC2CCCCC2)C(=O)N[C@@H](CC(C)C)C(=O)N(C)[C@@H](CC2CCCCC2)C(=O)N(C)[C@@H]([C@@H](C)CC)C(=O)N[C@@H]([C@@H](C)O)C1=O. The van der Waals surface area contributed by atoms with Gasteiger partial charge in [-0.05, 0) is 121 Å². The summed E-state index contributed by atoms with van der Waals surface area (Å²) < 4.78 is 5.92. The van der Waals surface area contributed by atoms with Crippen molar-refractivity contribution in [2.75, 3.05) is 81.7 Å². The second-order valence-electron chi connectivity index (χ2n) is 32.3. The van der Waals surface area contributed by atoms with E-state index in [4.69, 9.17) is 4.74 Å². The fourth-order valence-corrected chi connectivity index (χ4v) is 14.9. The number of likely N-dealkylation sites (N-methyl/N-ethyl adjacent to an activating group) is 6. The Hall–Kier alpha value is -6.48. The van der Waals surface area contributed by atoms with Crippen LogP contribution in [0.25, 0.3) is 0 Å². The van der Waals surface area contributed by atoms with Crippen molar-refractivity contribution >= 4 is 70.9 Å². The maximum absolute atomic E-state index is 15.7. The number of aliphatic hydroxyl groups is 2. The van der Waals surface area contributed by atoms with Crippen molar-refractivity contribution in [3.8, 4) is 0 Å². The van der Waals surface area contributed by atoms with Crippen LogP contribution in [0.1, 0.15) is 225 Å². The molecule has 12 amide bonds. The first kappa shape index (κ1) is 88.9. The van der Waals surface area contributed by atoms with Crippen LogP contribution in [0.5, 0.6) is 0 Å². The molecule has 2 heterocycles. The molecule has 0 aromatic rings. The zero-order valence-electron chi connectivity index (χ0n) is 66.2. The molecule has 6 N–H and O–H groups in total. The van der Waals surface area contributed by atoms with Crippen LogP contribution in [-0.4, -0.2) is 274 Å². The largest absolute Gasteiger partial charge is 0.391 e. The number of hydrogen-bond acceptors (Lipinski definition) is 15. The predicted molar refractivity (Wildman–Crippen MR) is 394 cm³/mol. The van der Waals surface area contributed by atoms with Crippen molar-refractivity contribution in [3.05, 3.63) is 0 Å². The van der Waals surface area contributed by atoms with Gasteiger partial charge in [0.05, 0.1) is 37.9 Å². The molecule has 0 unspecified atom stereocenters. The Labute approximate surface area is 615 Å². The molecule has 27 nitrogen and oxygen atoms in total. The van der Waals surface area contributed by atoms with E-state index in [1.807, 2.05) is 48.5 Å². The van der Waals surface area contributed by atoms with Gasteiger partial charge in [-0.25, -0.2) is 0 Å². The van der Waals surface area contributed by atoms with Gasteiger partial charge >= 0.3 is 0 Å². The minimum Gasteiger partial charge on any atom is -0.391 e. The van der Waals surface area contributed by atoms with Gasteiger partial charge in [0.15, 0.2) is 0 Å².